The molecule has 0 aliphatic carbocycles. The molecular weight excluding hydrogens is 184 g/mol. The monoisotopic (exact) mass is 194 g/mol. The third-order valence-electron chi connectivity index (χ3n) is 2.00. The van der Waals surface area contributed by atoms with Crippen molar-refractivity contribution >= 4 is 11.3 Å². The second-order valence-corrected chi connectivity index (χ2v) is 3.62. The summed E-state index contributed by atoms with van der Waals surface area (Å²) in [6, 6.07) is -0.162. The summed E-state index contributed by atoms with van der Waals surface area (Å²) in [5, 5.41) is 1.96. The van der Waals surface area contributed by atoms with Crippen LogP contribution in [0.1, 0.15) is 22.9 Å². The van der Waals surface area contributed by atoms with E-state index in [0.29, 0.717) is 0 Å². The van der Waals surface area contributed by atoms with Crippen molar-refractivity contribution in [3.63, 3.8) is 0 Å². The van der Waals surface area contributed by atoms with Crippen LogP contribution in [0, 0.1) is 6.92 Å². The molecule has 0 aromatic carbocycles. The van der Waals surface area contributed by atoms with Crippen molar-refractivity contribution < 1.29 is 4.42 Å². The largest absolute Gasteiger partial charge is 0.472 e. The minimum absolute atomic E-state index is 0.162. The molecule has 0 spiro atoms. The third kappa shape index (κ3) is 1.50. The van der Waals surface area contributed by atoms with Crippen LogP contribution in [0.3, 0.4) is 0 Å². The molecule has 13 heavy (non-hydrogen) atoms. The minimum Gasteiger partial charge on any atom is -0.472 e. The number of rotatable bonds is 2. The van der Waals surface area contributed by atoms with Crippen LogP contribution in [0.15, 0.2) is 27.8 Å². The van der Waals surface area contributed by atoms with E-state index in [2.05, 4.69) is 4.98 Å². The molecule has 0 amide bonds. The number of nitrogens with zero attached hydrogens (tertiary/aromatic N) is 1. The molecule has 1 atom stereocenters. The van der Waals surface area contributed by atoms with E-state index in [1.54, 1.807) is 29.4 Å². The highest BCUT2D eigenvalue weighted by Crippen LogP contribution is 2.22. The van der Waals surface area contributed by atoms with Crippen molar-refractivity contribution in [3.8, 4) is 0 Å². The van der Waals surface area contributed by atoms with Gasteiger partial charge in [0.2, 0.25) is 0 Å². The predicted octanol–water partition coefficient (Wildman–Crippen LogP) is 2.09. The molecular formula is C9H10N2OS. The van der Waals surface area contributed by atoms with Crippen LogP contribution >= 0.6 is 11.3 Å². The van der Waals surface area contributed by atoms with Crippen LogP contribution in [-0.2, 0) is 0 Å². The molecule has 2 rings (SSSR count). The lowest BCUT2D eigenvalue weighted by Crippen LogP contribution is -2.12. The Labute approximate surface area is 80.2 Å². The van der Waals surface area contributed by atoms with Gasteiger partial charge < -0.3 is 10.2 Å². The minimum atomic E-state index is -0.162. The number of nitrogens with two attached hydrogens (primary N) is 1. The second kappa shape index (κ2) is 3.32. The van der Waals surface area contributed by atoms with Gasteiger partial charge in [-0.25, -0.2) is 4.98 Å². The first-order valence-corrected chi connectivity index (χ1v) is 4.89. The molecule has 2 N–H and O–H groups in total. The topological polar surface area (TPSA) is 52.0 Å². The lowest BCUT2D eigenvalue weighted by Gasteiger charge is -2.06. The Balaban J connectivity index is 2.33. The molecule has 1 unspecified atom stereocenters. The Bertz CT molecular complexity index is 380. The molecule has 0 aliphatic heterocycles. The van der Waals surface area contributed by atoms with Crippen LogP contribution in [-0.4, -0.2) is 4.98 Å². The predicted molar refractivity (Wildman–Crippen MR) is 51.6 cm³/mol. The molecule has 4 heteroatoms. The van der Waals surface area contributed by atoms with Gasteiger partial charge in [-0.2, -0.15) is 0 Å². The van der Waals surface area contributed by atoms with Crippen molar-refractivity contribution in [3.05, 3.63) is 40.2 Å². The zero-order chi connectivity index (χ0) is 9.26. The molecule has 0 radical (unpaired) electrons. The lowest BCUT2D eigenvalue weighted by atomic mass is 10.1. The first kappa shape index (κ1) is 8.47. The summed E-state index contributed by atoms with van der Waals surface area (Å²) in [5.41, 5.74) is 10.7. The van der Waals surface area contributed by atoms with Crippen molar-refractivity contribution in [2.75, 3.05) is 0 Å². The van der Waals surface area contributed by atoms with E-state index in [9.17, 15) is 0 Å². The van der Waals surface area contributed by atoms with Gasteiger partial charge in [-0.1, -0.05) is 0 Å². The lowest BCUT2D eigenvalue weighted by molar-refractivity contribution is 0.560. The van der Waals surface area contributed by atoms with Crippen LogP contribution in [0.2, 0.25) is 0 Å². The SMILES string of the molecule is Cc1cocc1C(N)c1cscn1. The maximum Gasteiger partial charge on any atom is 0.0957 e. The summed E-state index contributed by atoms with van der Waals surface area (Å²) in [4.78, 5) is 4.17. The van der Waals surface area contributed by atoms with Crippen molar-refractivity contribution in [1.82, 2.24) is 4.98 Å². The third-order valence-corrected chi connectivity index (χ3v) is 2.60. The van der Waals surface area contributed by atoms with Gasteiger partial charge in [0.1, 0.15) is 0 Å². The summed E-state index contributed by atoms with van der Waals surface area (Å²) < 4.78 is 5.06. The van der Waals surface area contributed by atoms with E-state index in [4.69, 9.17) is 10.2 Å². The fraction of sp³-hybridized carbons (Fsp3) is 0.222. The number of aryl methyl sites for hydroxylation is 1. The molecule has 2 heterocycles. The maximum atomic E-state index is 5.99. The number of thiazole rings is 1. The quantitative estimate of drug-likeness (QED) is 0.796. The molecule has 3 nitrogen and oxygen atoms in total. The van der Waals surface area contributed by atoms with Gasteiger partial charge in [-0.15, -0.1) is 11.3 Å². The van der Waals surface area contributed by atoms with Gasteiger partial charge >= 0.3 is 0 Å². The van der Waals surface area contributed by atoms with E-state index in [1.807, 2.05) is 12.3 Å². The Kier molecular flexibility index (Phi) is 2.16. The number of hydrogen-bond donors (Lipinski definition) is 1. The summed E-state index contributed by atoms with van der Waals surface area (Å²) in [5.74, 6) is 0. The van der Waals surface area contributed by atoms with Crippen molar-refractivity contribution in [1.29, 1.82) is 0 Å². The highest BCUT2D eigenvalue weighted by Gasteiger charge is 2.14. The molecule has 0 fully saturated rings. The van der Waals surface area contributed by atoms with E-state index in [0.717, 1.165) is 16.8 Å². The zero-order valence-corrected chi connectivity index (χ0v) is 8.04. The Hall–Kier alpha value is -1.13. The molecule has 0 aliphatic rings. The van der Waals surface area contributed by atoms with Gasteiger partial charge in [-0.3, -0.25) is 0 Å². The Morgan fingerprint density at radius 2 is 2.38 bits per heavy atom. The van der Waals surface area contributed by atoms with Crippen LogP contribution in [0.25, 0.3) is 0 Å². The summed E-state index contributed by atoms with van der Waals surface area (Å²) in [6.07, 6.45) is 3.38. The maximum absolute atomic E-state index is 5.99. The molecule has 0 saturated heterocycles. The van der Waals surface area contributed by atoms with Crippen LogP contribution in [0.4, 0.5) is 0 Å². The van der Waals surface area contributed by atoms with Crippen LogP contribution in [0.5, 0.6) is 0 Å². The second-order valence-electron chi connectivity index (χ2n) is 2.90. The molecule has 0 saturated carbocycles. The summed E-state index contributed by atoms with van der Waals surface area (Å²) in [7, 11) is 0. The van der Waals surface area contributed by atoms with Gasteiger partial charge in [0.25, 0.3) is 0 Å². The van der Waals surface area contributed by atoms with E-state index in [1.165, 1.54) is 0 Å². The summed E-state index contributed by atoms with van der Waals surface area (Å²) >= 11 is 1.55. The molecule has 2 aromatic rings. The van der Waals surface area contributed by atoms with E-state index < -0.39 is 0 Å². The van der Waals surface area contributed by atoms with Gasteiger partial charge in [0.15, 0.2) is 0 Å². The standard InChI is InChI=1S/C9H10N2OS/c1-6-2-12-3-7(6)9(10)8-4-13-5-11-8/h2-5,9H,10H2,1H3. The highest BCUT2D eigenvalue weighted by atomic mass is 32.1. The van der Waals surface area contributed by atoms with Gasteiger partial charge in [-0.05, 0) is 12.5 Å². The first-order valence-electron chi connectivity index (χ1n) is 3.95. The zero-order valence-electron chi connectivity index (χ0n) is 7.23. The smallest absolute Gasteiger partial charge is 0.0957 e. The van der Waals surface area contributed by atoms with Crippen molar-refractivity contribution in [2.24, 2.45) is 5.73 Å². The highest BCUT2D eigenvalue weighted by molar-refractivity contribution is 7.07. The average molecular weight is 194 g/mol. The van der Waals surface area contributed by atoms with Gasteiger partial charge in [0.05, 0.1) is 29.8 Å². The van der Waals surface area contributed by atoms with Crippen LogP contribution < -0.4 is 5.73 Å². The molecule has 2 aromatic heterocycles. The van der Waals surface area contributed by atoms with Gasteiger partial charge in [0, 0.05) is 10.9 Å². The number of furan rings is 1. The first-order chi connectivity index (χ1) is 6.29. The van der Waals surface area contributed by atoms with E-state index >= 15 is 0 Å². The Morgan fingerprint density at radius 1 is 1.54 bits per heavy atom. The van der Waals surface area contributed by atoms with Crippen molar-refractivity contribution in [2.45, 2.75) is 13.0 Å². The summed E-state index contributed by atoms with van der Waals surface area (Å²) in [6.45, 7) is 1.98. The fourth-order valence-electron chi connectivity index (χ4n) is 1.22. The van der Waals surface area contributed by atoms with E-state index in [-0.39, 0.29) is 6.04 Å². The number of hydrogen-bond acceptors (Lipinski definition) is 4. The molecule has 68 valence electrons. The number of aromatic nitrogens is 1. The Morgan fingerprint density at radius 3 is 2.92 bits per heavy atom. The normalized spacial score (nSPS) is 13.1. The fourth-order valence-corrected chi connectivity index (χ4v) is 1.81. The average Bonchev–Trinajstić information content (AvgIpc) is 2.72. The molecule has 0 bridgehead atoms.